The molecule has 3 rings (SSSR count). The lowest BCUT2D eigenvalue weighted by Gasteiger charge is -2.50. The average molecular weight is 760 g/mol. The standard InChI is InChI=1S/C40H73NO12/c1-17-29-38(8,44)19-22(2)31(42)23(3)20-39(9,47-15)34(53-37-33(45-13)28(41(11)12)18-24(4)49-37)25(5)32(26(6)36(43)51-29)52-30-21-40(10,48-16)35(46-14)27(7)50-30/h19,23-35,37,42,44H,17-18,20-21H2,1-16H3/b22-19+/t23-,24-,25+,26-,27+,28+,29-,30+,31-,32+,33-,34-,35+,37+,38+,39-,40-/m1/s1. The van der Waals surface area contributed by atoms with Gasteiger partial charge in [-0.15, -0.1) is 0 Å². The van der Waals surface area contributed by atoms with E-state index in [0.29, 0.717) is 24.8 Å². The SMILES string of the molecule is CC[C@H]1OC(=O)[C@H](C)[C@@H](O[C@H]2C[C@@](C)(OC)[C@@H](OC)[C@H](C)O2)[C@H](C)[C@@H](O[C@@H]2O[C@H](C)C[C@H](N(C)C)[C@H]2OC)[C@](C)(OC)C[C@@H](C)[C@H](O)/C(C)=C/[C@]1(C)O. The van der Waals surface area contributed by atoms with Gasteiger partial charge in [0.1, 0.15) is 23.9 Å². The molecule has 0 aromatic rings. The van der Waals surface area contributed by atoms with E-state index in [-0.39, 0.29) is 24.2 Å². The van der Waals surface area contributed by atoms with Gasteiger partial charge in [-0.05, 0) is 99.4 Å². The van der Waals surface area contributed by atoms with Crippen LogP contribution in [0.25, 0.3) is 0 Å². The van der Waals surface area contributed by atoms with E-state index in [1.165, 1.54) is 0 Å². The number of hydrogen-bond donors (Lipinski definition) is 2. The van der Waals surface area contributed by atoms with Gasteiger partial charge in [0.2, 0.25) is 0 Å². The van der Waals surface area contributed by atoms with Crippen molar-refractivity contribution in [1.29, 1.82) is 0 Å². The number of methoxy groups -OCH3 is 4. The van der Waals surface area contributed by atoms with Crippen molar-refractivity contribution in [3.63, 3.8) is 0 Å². The predicted octanol–water partition coefficient (Wildman–Crippen LogP) is 4.49. The van der Waals surface area contributed by atoms with Crippen LogP contribution < -0.4 is 0 Å². The molecule has 17 atom stereocenters. The first kappa shape index (κ1) is 46.2. The Bertz CT molecular complexity index is 1200. The second kappa shape index (κ2) is 18.8. The van der Waals surface area contributed by atoms with E-state index >= 15 is 0 Å². The molecule has 0 unspecified atom stereocenters. The molecule has 2 N–H and O–H groups in total. The summed E-state index contributed by atoms with van der Waals surface area (Å²) in [4.78, 5) is 16.4. The van der Waals surface area contributed by atoms with Gasteiger partial charge < -0.3 is 57.7 Å². The van der Waals surface area contributed by atoms with Crippen LogP contribution in [0.15, 0.2) is 11.6 Å². The third-order valence-electron chi connectivity index (χ3n) is 12.3. The molecule has 3 aliphatic heterocycles. The van der Waals surface area contributed by atoms with Gasteiger partial charge in [-0.25, -0.2) is 0 Å². The number of hydrogen-bond acceptors (Lipinski definition) is 13. The molecule has 0 saturated carbocycles. The van der Waals surface area contributed by atoms with Crippen LogP contribution >= 0.6 is 0 Å². The van der Waals surface area contributed by atoms with Gasteiger partial charge in [0.05, 0.1) is 47.6 Å². The zero-order valence-electron chi connectivity index (χ0n) is 35.4. The van der Waals surface area contributed by atoms with Crippen LogP contribution in [0.3, 0.4) is 0 Å². The van der Waals surface area contributed by atoms with Crippen LogP contribution in [-0.4, -0.2) is 148 Å². The number of rotatable bonds is 10. The van der Waals surface area contributed by atoms with Gasteiger partial charge in [-0.2, -0.15) is 0 Å². The van der Waals surface area contributed by atoms with Gasteiger partial charge in [-0.3, -0.25) is 4.79 Å². The maximum absolute atomic E-state index is 14.3. The zero-order valence-corrected chi connectivity index (χ0v) is 35.4. The minimum Gasteiger partial charge on any atom is -0.459 e. The summed E-state index contributed by atoms with van der Waals surface area (Å²) in [6, 6.07) is 0.00203. The molecule has 13 nitrogen and oxygen atoms in total. The molecule has 0 bridgehead atoms. The molecule has 53 heavy (non-hydrogen) atoms. The van der Waals surface area contributed by atoms with Gasteiger partial charge in [-0.1, -0.05) is 20.8 Å². The topological polar surface area (TPSA) is 144 Å². The molecule has 0 amide bonds. The van der Waals surface area contributed by atoms with Gasteiger partial charge >= 0.3 is 5.97 Å². The fraction of sp³-hybridized carbons (Fsp3) is 0.925. The Hall–Kier alpha value is -1.23. The summed E-state index contributed by atoms with van der Waals surface area (Å²) in [6.45, 7) is 18.7. The number of likely N-dealkylation sites (N-methyl/N-ethyl adjacent to an activating group) is 1. The summed E-state index contributed by atoms with van der Waals surface area (Å²) in [5.41, 5.74) is -2.79. The van der Waals surface area contributed by atoms with Gasteiger partial charge in [0.25, 0.3) is 0 Å². The first-order chi connectivity index (χ1) is 24.6. The highest BCUT2D eigenvalue weighted by Crippen LogP contribution is 2.42. The summed E-state index contributed by atoms with van der Waals surface area (Å²) in [5.74, 6) is -2.31. The monoisotopic (exact) mass is 760 g/mol. The lowest BCUT2D eigenvalue weighted by Crippen LogP contribution is -2.61. The minimum absolute atomic E-state index is 0.00203. The van der Waals surface area contributed by atoms with Crippen LogP contribution in [0.2, 0.25) is 0 Å². The summed E-state index contributed by atoms with van der Waals surface area (Å²) >= 11 is 0. The van der Waals surface area contributed by atoms with Gasteiger partial charge in [0.15, 0.2) is 12.6 Å². The Kier molecular flexibility index (Phi) is 16.4. The molecule has 2 fully saturated rings. The quantitative estimate of drug-likeness (QED) is 0.239. The molecule has 3 heterocycles. The molecule has 3 aliphatic rings. The summed E-state index contributed by atoms with van der Waals surface area (Å²) < 4.78 is 57.3. The van der Waals surface area contributed by atoms with Crippen LogP contribution in [0.5, 0.6) is 0 Å². The van der Waals surface area contributed by atoms with Crippen molar-refractivity contribution in [3.05, 3.63) is 11.6 Å². The maximum atomic E-state index is 14.3. The number of cyclic esters (lactones) is 1. The van der Waals surface area contributed by atoms with Crippen molar-refractivity contribution in [2.45, 2.75) is 179 Å². The van der Waals surface area contributed by atoms with Crippen molar-refractivity contribution in [3.8, 4) is 0 Å². The van der Waals surface area contributed by atoms with Crippen molar-refractivity contribution in [2.24, 2.45) is 17.8 Å². The highest BCUT2D eigenvalue weighted by atomic mass is 16.7. The number of carbonyl (C=O) groups excluding carboxylic acids is 1. The normalized spacial score (nSPS) is 47.8. The van der Waals surface area contributed by atoms with E-state index in [0.717, 1.165) is 6.42 Å². The summed E-state index contributed by atoms with van der Waals surface area (Å²) in [7, 11) is 10.6. The van der Waals surface area contributed by atoms with Crippen molar-refractivity contribution < 1.29 is 57.6 Å². The smallest absolute Gasteiger partial charge is 0.311 e. The molecule has 310 valence electrons. The van der Waals surface area contributed by atoms with Crippen molar-refractivity contribution >= 4 is 5.97 Å². The Morgan fingerprint density at radius 2 is 1.49 bits per heavy atom. The largest absolute Gasteiger partial charge is 0.459 e. The fourth-order valence-electron chi connectivity index (χ4n) is 9.09. The molecule has 0 aliphatic carbocycles. The number of aliphatic hydroxyl groups is 2. The predicted molar refractivity (Wildman–Crippen MR) is 200 cm³/mol. The van der Waals surface area contributed by atoms with Crippen LogP contribution in [0.1, 0.15) is 94.9 Å². The molecule has 0 radical (unpaired) electrons. The Labute approximate surface area is 319 Å². The number of nitrogens with zero attached hydrogens (tertiary/aromatic N) is 1. The number of esters is 1. The fourth-order valence-corrected chi connectivity index (χ4v) is 9.09. The van der Waals surface area contributed by atoms with Crippen LogP contribution in [0.4, 0.5) is 0 Å². The Morgan fingerprint density at radius 3 is 2.02 bits per heavy atom. The minimum atomic E-state index is -1.55. The molecule has 2 saturated heterocycles. The van der Waals surface area contributed by atoms with Gasteiger partial charge in [0, 0.05) is 46.8 Å². The third kappa shape index (κ3) is 10.4. The first-order valence-corrected chi connectivity index (χ1v) is 19.4. The maximum Gasteiger partial charge on any atom is 0.311 e. The molecular formula is C40H73NO12. The highest BCUT2D eigenvalue weighted by molar-refractivity contribution is 5.73. The molecule has 0 aromatic carbocycles. The lowest BCUT2D eigenvalue weighted by molar-refractivity contribution is -0.322. The van der Waals surface area contributed by atoms with E-state index in [9.17, 15) is 15.0 Å². The highest BCUT2D eigenvalue weighted by Gasteiger charge is 2.53. The summed E-state index contributed by atoms with van der Waals surface area (Å²) in [6.07, 6.45) is -3.02. The second-order valence-corrected chi connectivity index (χ2v) is 16.8. The van der Waals surface area contributed by atoms with Crippen LogP contribution in [0, 0.1) is 17.8 Å². The van der Waals surface area contributed by atoms with E-state index in [2.05, 4.69) is 4.90 Å². The Morgan fingerprint density at radius 1 is 0.887 bits per heavy atom. The van der Waals surface area contributed by atoms with Crippen molar-refractivity contribution in [1.82, 2.24) is 4.90 Å². The van der Waals surface area contributed by atoms with Crippen LogP contribution in [-0.2, 0) is 47.4 Å². The zero-order chi connectivity index (χ0) is 40.2. The number of carbonyl (C=O) groups is 1. The first-order valence-electron chi connectivity index (χ1n) is 19.4. The molecule has 13 heteroatoms. The number of aliphatic hydroxyl groups excluding tert-OH is 1. The lowest BCUT2D eigenvalue weighted by atomic mass is 9.75. The Balaban J connectivity index is 2.24. The number of ether oxygens (including phenoxy) is 9. The molecular weight excluding hydrogens is 686 g/mol. The van der Waals surface area contributed by atoms with E-state index in [4.69, 9.17) is 42.6 Å². The molecule has 0 aromatic heterocycles. The average Bonchev–Trinajstić information content (AvgIpc) is 3.09. The second-order valence-electron chi connectivity index (χ2n) is 16.8. The summed E-state index contributed by atoms with van der Waals surface area (Å²) in [5, 5.41) is 23.3. The third-order valence-corrected chi connectivity index (χ3v) is 12.3. The van der Waals surface area contributed by atoms with E-state index < -0.39 is 83.8 Å². The van der Waals surface area contributed by atoms with E-state index in [1.54, 1.807) is 55.3 Å². The van der Waals surface area contributed by atoms with Crippen molar-refractivity contribution in [2.75, 3.05) is 42.5 Å². The molecule has 0 spiro atoms. The van der Waals surface area contributed by atoms with E-state index in [1.807, 2.05) is 62.6 Å².